The summed E-state index contributed by atoms with van der Waals surface area (Å²) in [4.78, 5) is 32.4. The van der Waals surface area contributed by atoms with Gasteiger partial charge < -0.3 is 10.1 Å². The number of aromatic nitrogens is 2. The number of amidine groups is 1. The van der Waals surface area contributed by atoms with Gasteiger partial charge >= 0.3 is 12.0 Å². The topological polar surface area (TPSA) is 83.0 Å². The van der Waals surface area contributed by atoms with Crippen molar-refractivity contribution in [2.45, 2.75) is 26.4 Å². The van der Waals surface area contributed by atoms with Crippen LogP contribution in [0.1, 0.15) is 17.4 Å². The molecule has 2 aliphatic heterocycles. The van der Waals surface area contributed by atoms with Crippen molar-refractivity contribution in [1.82, 2.24) is 14.4 Å². The fraction of sp³-hybridized carbons (Fsp3) is 0.400. The second-order valence-corrected chi connectivity index (χ2v) is 7.26. The van der Waals surface area contributed by atoms with Crippen LogP contribution in [0.4, 0.5) is 16.4 Å². The molecule has 0 spiro atoms. The molecule has 0 radical (unpaired) electrons. The number of anilines is 1. The van der Waals surface area contributed by atoms with Crippen molar-refractivity contribution in [3.8, 4) is 5.75 Å². The summed E-state index contributed by atoms with van der Waals surface area (Å²) >= 11 is 0. The van der Waals surface area contributed by atoms with Crippen molar-refractivity contribution in [3.05, 3.63) is 35.7 Å². The van der Waals surface area contributed by atoms with E-state index in [-0.39, 0.29) is 11.9 Å². The summed E-state index contributed by atoms with van der Waals surface area (Å²) < 4.78 is 9.20. The zero-order valence-corrected chi connectivity index (χ0v) is 17.3. The molecule has 1 saturated heterocycles. The minimum atomic E-state index is -0.591. The molecule has 29 heavy (non-hydrogen) atoms. The van der Waals surface area contributed by atoms with Crippen LogP contribution in [0.15, 0.2) is 29.3 Å². The number of imidazole rings is 1. The second kappa shape index (κ2) is 6.91. The first kappa shape index (κ1) is 19.0. The van der Waals surface area contributed by atoms with Crippen molar-refractivity contribution < 1.29 is 18.9 Å². The first-order chi connectivity index (χ1) is 13.8. The molecule has 1 aromatic heterocycles. The monoisotopic (exact) mass is 397 g/mol. The van der Waals surface area contributed by atoms with Crippen LogP contribution >= 0.6 is 0 Å². The molecule has 9 heteroatoms. The molecule has 1 N–H and O–H groups in total. The van der Waals surface area contributed by atoms with E-state index in [0.717, 1.165) is 27.7 Å². The van der Waals surface area contributed by atoms with Crippen molar-refractivity contribution >= 4 is 29.4 Å². The second-order valence-electron chi connectivity index (χ2n) is 7.26. The van der Waals surface area contributed by atoms with E-state index in [1.807, 2.05) is 42.7 Å². The van der Waals surface area contributed by atoms with E-state index in [0.29, 0.717) is 24.9 Å². The SMILES string of the molecule is COc1ccc(NCC[n+]2c(C)c(C)n3c2N=C2C3C(=O)N(C)C(=O)N2C)cc1. The van der Waals surface area contributed by atoms with E-state index in [1.165, 1.54) is 11.9 Å². The molecule has 1 atom stereocenters. The Morgan fingerprint density at radius 1 is 1.14 bits per heavy atom. The highest BCUT2D eigenvalue weighted by Gasteiger charge is 2.53. The summed E-state index contributed by atoms with van der Waals surface area (Å²) in [5, 5.41) is 3.39. The van der Waals surface area contributed by atoms with Gasteiger partial charge in [-0.2, -0.15) is 0 Å². The molecule has 0 bridgehead atoms. The number of urea groups is 1. The number of benzene rings is 1. The Morgan fingerprint density at radius 3 is 2.48 bits per heavy atom. The van der Waals surface area contributed by atoms with Crippen LogP contribution in [-0.2, 0) is 11.3 Å². The number of carbonyl (C=O) groups excluding carboxylic acids is 2. The minimum absolute atomic E-state index is 0.257. The van der Waals surface area contributed by atoms with Gasteiger partial charge in [0, 0.05) is 26.3 Å². The standard InChI is InChI=1S/C20H25N6O3/c1-12-13(2)26-16-17(23(3)20(28)24(4)18(16)27)22-19(26)25(12)11-10-21-14-6-8-15(29-5)9-7-14/h6-9,16,21H,10-11H2,1-5H3/q+1. The van der Waals surface area contributed by atoms with Crippen LogP contribution in [0.2, 0.25) is 0 Å². The normalized spacial score (nSPS) is 18.0. The number of fused-ring (bicyclic) bond motifs is 3. The molecule has 1 fully saturated rings. The number of imide groups is 1. The first-order valence-electron chi connectivity index (χ1n) is 9.48. The number of likely N-dealkylation sites (N-methyl/N-ethyl adjacent to an activating group) is 2. The highest BCUT2D eigenvalue weighted by molar-refractivity contribution is 6.20. The molecule has 9 nitrogen and oxygen atoms in total. The van der Waals surface area contributed by atoms with Gasteiger partial charge in [0.25, 0.3) is 5.91 Å². The fourth-order valence-electron chi connectivity index (χ4n) is 3.87. The van der Waals surface area contributed by atoms with E-state index in [9.17, 15) is 9.59 Å². The number of amides is 3. The lowest BCUT2D eigenvalue weighted by atomic mass is 10.1. The molecule has 2 aliphatic rings. The average molecular weight is 397 g/mol. The van der Waals surface area contributed by atoms with Gasteiger partial charge in [0.05, 0.1) is 13.7 Å². The van der Waals surface area contributed by atoms with Crippen LogP contribution in [0.3, 0.4) is 0 Å². The predicted octanol–water partition coefficient (Wildman–Crippen LogP) is 1.62. The van der Waals surface area contributed by atoms with E-state index in [2.05, 4.69) is 14.9 Å². The van der Waals surface area contributed by atoms with Gasteiger partial charge in [-0.15, -0.1) is 0 Å². The van der Waals surface area contributed by atoms with Crippen molar-refractivity contribution in [2.24, 2.45) is 4.99 Å². The molecular formula is C20H25N6O3+. The molecule has 152 valence electrons. The summed E-state index contributed by atoms with van der Waals surface area (Å²) in [6, 6.07) is 6.80. The summed E-state index contributed by atoms with van der Waals surface area (Å²) in [7, 11) is 4.81. The highest BCUT2D eigenvalue weighted by atomic mass is 16.5. The maximum Gasteiger partial charge on any atom is 0.402 e. The van der Waals surface area contributed by atoms with Crippen LogP contribution < -0.4 is 14.6 Å². The lowest BCUT2D eigenvalue weighted by molar-refractivity contribution is -0.686. The summed E-state index contributed by atoms with van der Waals surface area (Å²) in [5.74, 6) is 1.73. The maximum absolute atomic E-state index is 12.8. The third kappa shape index (κ3) is 2.84. The van der Waals surface area contributed by atoms with Gasteiger partial charge in [-0.3, -0.25) is 14.6 Å². The summed E-state index contributed by atoms with van der Waals surface area (Å²) in [5.41, 5.74) is 3.02. The zero-order valence-electron chi connectivity index (χ0n) is 17.3. The van der Waals surface area contributed by atoms with Gasteiger partial charge in [-0.1, -0.05) is 4.99 Å². The van der Waals surface area contributed by atoms with Crippen LogP contribution in [0.25, 0.3) is 0 Å². The van der Waals surface area contributed by atoms with Gasteiger partial charge in [0.2, 0.25) is 11.9 Å². The van der Waals surface area contributed by atoms with Crippen LogP contribution in [-0.4, -0.2) is 59.9 Å². The molecule has 3 amide bonds. The molecule has 4 rings (SSSR count). The van der Waals surface area contributed by atoms with E-state index in [4.69, 9.17) is 4.74 Å². The molecule has 1 unspecified atom stereocenters. The Morgan fingerprint density at radius 2 is 1.83 bits per heavy atom. The third-order valence-electron chi connectivity index (χ3n) is 5.70. The lowest BCUT2D eigenvalue weighted by Gasteiger charge is -2.30. The lowest BCUT2D eigenvalue weighted by Crippen LogP contribution is -2.56. The summed E-state index contributed by atoms with van der Waals surface area (Å²) in [6.07, 6.45) is 0. The quantitative estimate of drug-likeness (QED) is 0.778. The smallest absolute Gasteiger partial charge is 0.402 e. The maximum atomic E-state index is 12.8. The number of methoxy groups -OCH3 is 1. The molecule has 2 aromatic rings. The molecule has 0 saturated carbocycles. The molecule has 3 heterocycles. The van der Waals surface area contributed by atoms with Crippen LogP contribution in [0.5, 0.6) is 5.75 Å². The van der Waals surface area contributed by atoms with Gasteiger partial charge in [0.15, 0.2) is 0 Å². The number of rotatable bonds is 5. The van der Waals surface area contributed by atoms with E-state index in [1.54, 1.807) is 14.2 Å². The Bertz CT molecular complexity index is 1020. The number of nitrogens with one attached hydrogen (secondary N) is 1. The Labute approximate surface area is 169 Å². The Hall–Kier alpha value is -3.36. The number of hydrogen-bond acceptors (Lipinski definition) is 5. The van der Waals surface area contributed by atoms with E-state index < -0.39 is 6.04 Å². The summed E-state index contributed by atoms with van der Waals surface area (Å²) in [6.45, 7) is 5.36. The largest absolute Gasteiger partial charge is 0.497 e. The Kier molecular flexibility index (Phi) is 4.52. The number of carbonyl (C=O) groups is 2. The van der Waals surface area contributed by atoms with Crippen LogP contribution in [0, 0.1) is 13.8 Å². The fourth-order valence-corrected chi connectivity index (χ4v) is 3.87. The number of hydrogen-bond donors (Lipinski definition) is 1. The highest BCUT2D eigenvalue weighted by Crippen LogP contribution is 2.34. The average Bonchev–Trinajstić information content (AvgIpc) is 3.22. The van der Waals surface area contributed by atoms with Crippen molar-refractivity contribution in [3.63, 3.8) is 0 Å². The van der Waals surface area contributed by atoms with Gasteiger partial charge in [0.1, 0.15) is 17.1 Å². The third-order valence-corrected chi connectivity index (χ3v) is 5.70. The minimum Gasteiger partial charge on any atom is -0.497 e. The molecule has 1 aromatic carbocycles. The van der Waals surface area contributed by atoms with Crippen molar-refractivity contribution in [1.29, 1.82) is 0 Å². The first-order valence-corrected chi connectivity index (χ1v) is 9.48. The van der Waals surface area contributed by atoms with Gasteiger partial charge in [-0.05, 0) is 38.1 Å². The number of nitrogens with zero attached hydrogens (tertiary/aromatic N) is 5. The van der Waals surface area contributed by atoms with Crippen molar-refractivity contribution in [2.75, 3.05) is 33.1 Å². The zero-order chi connectivity index (χ0) is 20.9. The molecule has 0 aliphatic carbocycles. The molecular weight excluding hydrogens is 372 g/mol. The predicted molar refractivity (Wildman–Crippen MR) is 108 cm³/mol. The van der Waals surface area contributed by atoms with E-state index >= 15 is 0 Å². The van der Waals surface area contributed by atoms with Gasteiger partial charge in [-0.25, -0.2) is 13.9 Å². The Balaban J connectivity index is 1.59. The number of ether oxygens (including phenoxy) is 1. The number of aliphatic imine (C=N–C) groups is 1.